The smallest absolute Gasteiger partial charge is 0.126 e. The van der Waals surface area contributed by atoms with Gasteiger partial charge in [-0.2, -0.15) is 0 Å². The summed E-state index contributed by atoms with van der Waals surface area (Å²) in [6, 6.07) is 4.95. The Bertz CT molecular complexity index is 388. The molecular weight excluding hydrogens is 229 g/mol. The third-order valence-electron chi connectivity index (χ3n) is 3.78. The molecule has 0 spiro atoms. The van der Waals surface area contributed by atoms with Crippen molar-refractivity contribution in [3.8, 4) is 0 Å². The summed E-state index contributed by atoms with van der Waals surface area (Å²) in [5.74, 6) is 0.504. The first kappa shape index (κ1) is 13.3. The number of anilines is 1. The molecule has 1 aliphatic carbocycles. The van der Waals surface area contributed by atoms with Crippen LogP contribution in [0.3, 0.4) is 0 Å². The largest absolute Gasteiger partial charge is 0.391 e. The lowest BCUT2D eigenvalue weighted by atomic mass is 10.00. The van der Waals surface area contributed by atoms with Gasteiger partial charge in [0.1, 0.15) is 5.82 Å². The number of hydrogen-bond donors (Lipinski definition) is 2. The van der Waals surface area contributed by atoms with Crippen LogP contribution in [-0.4, -0.2) is 17.8 Å². The molecule has 1 aliphatic rings. The fraction of sp³-hybridized carbons (Fsp3) is 0.600. The molecule has 1 aromatic carbocycles. The number of benzene rings is 1. The first-order chi connectivity index (χ1) is 8.65. The van der Waals surface area contributed by atoms with Crippen LogP contribution in [0.1, 0.15) is 37.7 Å². The maximum absolute atomic E-state index is 13.1. The molecule has 2 nitrogen and oxygen atoms in total. The lowest BCUT2D eigenvalue weighted by molar-refractivity contribution is 0.155. The number of nitrogens with one attached hydrogen (secondary N) is 1. The zero-order chi connectivity index (χ0) is 13.0. The number of hydrogen-bond acceptors (Lipinski definition) is 2. The van der Waals surface area contributed by atoms with E-state index >= 15 is 0 Å². The molecule has 100 valence electrons. The number of aryl methyl sites for hydroxylation is 1. The van der Waals surface area contributed by atoms with Crippen LogP contribution in [0, 0.1) is 18.7 Å². The fourth-order valence-electron chi connectivity index (χ4n) is 2.70. The molecule has 1 saturated carbocycles. The lowest BCUT2D eigenvalue weighted by Crippen LogP contribution is -2.22. The Labute approximate surface area is 108 Å². The summed E-state index contributed by atoms with van der Waals surface area (Å²) >= 11 is 0. The normalized spacial score (nSPS) is 17.9. The summed E-state index contributed by atoms with van der Waals surface area (Å²) < 4.78 is 13.1. The fourth-order valence-corrected chi connectivity index (χ4v) is 2.70. The van der Waals surface area contributed by atoms with E-state index < -0.39 is 0 Å². The van der Waals surface area contributed by atoms with Crippen molar-refractivity contribution >= 4 is 5.69 Å². The molecule has 1 atom stereocenters. The molecule has 2 rings (SSSR count). The Kier molecular flexibility index (Phi) is 4.59. The second-order valence-electron chi connectivity index (χ2n) is 5.38. The standard InChI is InChI=1S/C15H22FNO/c1-11-8-13(6-7-15(11)16)17-10-14(18)9-12-4-2-3-5-12/h6-8,12,14,17-18H,2-5,9-10H2,1H3. The van der Waals surface area contributed by atoms with Gasteiger partial charge in [0.15, 0.2) is 0 Å². The van der Waals surface area contributed by atoms with Crippen LogP contribution in [0.4, 0.5) is 10.1 Å². The van der Waals surface area contributed by atoms with Gasteiger partial charge in [0.2, 0.25) is 0 Å². The topological polar surface area (TPSA) is 32.3 Å². The third kappa shape index (κ3) is 3.70. The molecule has 0 saturated heterocycles. The number of halogens is 1. The van der Waals surface area contributed by atoms with Crippen molar-refractivity contribution in [1.82, 2.24) is 0 Å². The minimum atomic E-state index is -0.307. The van der Waals surface area contributed by atoms with E-state index in [0.29, 0.717) is 18.0 Å². The molecule has 1 unspecified atom stereocenters. The Balaban J connectivity index is 1.77. The summed E-state index contributed by atoms with van der Waals surface area (Å²) in [5, 5.41) is 13.1. The SMILES string of the molecule is Cc1cc(NCC(O)CC2CCCC2)ccc1F. The molecule has 1 aromatic rings. The molecule has 0 heterocycles. The van der Waals surface area contributed by atoms with Crippen molar-refractivity contribution in [3.63, 3.8) is 0 Å². The van der Waals surface area contributed by atoms with Gasteiger partial charge in [-0.1, -0.05) is 25.7 Å². The van der Waals surface area contributed by atoms with Crippen molar-refractivity contribution in [1.29, 1.82) is 0 Å². The molecule has 2 N–H and O–H groups in total. The zero-order valence-corrected chi connectivity index (χ0v) is 11.0. The minimum Gasteiger partial charge on any atom is -0.391 e. The van der Waals surface area contributed by atoms with E-state index in [9.17, 15) is 9.50 Å². The van der Waals surface area contributed by atoms with Gasteiger partial charge in [0.25, 0.3) is 0 Å². The Morgan fingerprint density at radius 1 is 1.39 bits per heavy atom. The molecule has 0 amide bonds. The lowest BCUT2D eigenvalue weighted by Gasteiger charge is -2.16. The van der Waals surface area contributed by atoms with E-state index in [-0.39, 0.29) is 11.9 Å². The summed E-state index contributed by atoms with van der Waals surface area (Å²) in [6.45, 7) is 2.29. The van der Waals surface area contributed by atoms with Crippen LogP contribution < -0.4 is 5.32 Å². The maximum atomic E-state index is 13.1. The monoisotopic (exact) mass is 251 g/mol. The van der Waals surface area contributed by atoms with Crippen molar-refractivity contribution in [3.05, 3.63) is 29.6 Å². The van der Waals surface area contributed by atoms with Gasteiger partial charge < -0.3 is 10.4 Å². The van der Waals surface area contributed by atoms with Crippen molar-refractivity contribution in [2.75, 3.05) is 11.9 Å². The van der Waals surface area contributed by atoms with Crippen molar-refractivity contribution in [2.24, 2.45) is 5.92 Å². The van der Waals surface area contributed by atoms with Crippen molar-refractivity contribution in [2.45, 2.75) is 45.1 Å². The van der Waals surface area contributed by atoms with Crippen LogP contribution >= 0.6 is 0 Å². The average Bonchev–Trinajstić information content (AvgIpc) is 2.83. The van der Waals surface area contributed by atoms with Gasteiger partial charge in [-0.3, -0.25) is 0 Å². The van der Waals surface area contributed by atoms with Gasteiger partial charge in [0.05, 0.1) is 6.10 Å². The highest BCUT2D eigenvalue weighted by Gasteiger charge is 2.18. The third-order valence-corrected chi connectivity index (χ3v) is 3.78. The minimum absolute atomic E-state index is 0.188. The number of aliphatic hydroxyl groups excluding tert-OH is 1. The highest BCUT2D eigenvalue weighted by molar-refractivity contribution is 5.45. The molecule has 0 radical (unpaired) electrons. The van der Waals surface area contributed by atoms with E-state index in [2.05, 4.69) is 5.32 Å². The molecule has 0 aromatic heterocycles. The predicted octanol–water partition coefficient (Wildman–Crippen LogP) is 3.49. The number of rotatable bonds is 5. The highest BCUT2D eigenvalue weighted by Crippen LogP contribution is 2.28. The van der Waals surface area contributed by atoms with Gasteiger partial charge >= 0.3 is 0 Å². The second kappa shape index (κ2) is 6.19. The Morgan fingerprint density at radius 2 is 2.11 bits per heavy atom. The second-order valence-corrected chi connectivity index (χ2v) is 5.38. The first-order valence-corrected chi connectivity index (χ1v) is 6.83. The van der Waals surface area contributed by atoms with E-state index in [1.54, 1.807) is 19.1 Å². The molecule has 0 aliphatic heterocycles. The molecule has 18 heavy (non-hydrogen) atoms. The maximum Gasteiger partial charge on any atom is 0.126 e. The van der Waals surface area contributed by atoms with Crippen LogP contribution in [0.25, 0.3) is 0 Å². The van der Waals surface area contributed by atoms with Gasteiger partial charge in [-0.15, -0.1) is 0 Å². The quantitative estimate of drug-likeness (QED) is 0.839. The number of aliphatic hydroxyl groups is 1. The average molecular weight is 251 g/mol. The molecular formula is C15H22FNO. The zero-order valence-electron chi connectivity index (χ0n) is 11.0. The highest BCUT2D eigenvalue weighted by atomic mass is 19.1. The van der Waals surface area contributed by atoms with Gasteiger partial charge in [0, 0.05) is 12.2 Å². The van der Waals surface area contributed by atoms with Gasteiger partial charge in [-0.25, -0.2) is 4.39 Å². The molecule has 1 fully saturated rings. The van der Waals surface area contributed by atoms with Crippen LogP contribution in [0.2, 0.25) is 0 Å². The van der Waals surface area contributed by atoms with Crippen molar-refractivity contribution < 1.29 is 9.50 Å². The Hall–Kier alpha value is -1.09. The van der Waals surface area contributed by atoms with E-state index in [1.165, 1.54) is 31.7 Å². The molecule has 0 bridgehead atoms. The van der Waals surface area contributed by atoms with E-state index in [1.807, 2.05) is 0 Å². The van der Waals surface area contributed by atoms with Crippen LogP contribution in [-0.2, 0) is 0 Å². The van der Waals surface area contributed by atoms with E-state index in [4.69, 9.17) is 0 Å². The van der Waals surface area contributed by atoms with E-state index in [0.717, 1.165) is 12.1 Å². The summed E-state index contributed by atoms with van der Waals surface area (Å²) in [7, 11) is 0. The molecule has 3 heteroatoms. The first-order valence-electron chi connectivity index (χ1n) is 6.83. The van der Waals surface area contributed by atoms with Crippen LogP contribution in [0.15, 0.2) is 18.2 Å². The summed E-state index contributed by atoms with van der Waals surface area (Å²) in [6.07, 6.45) is 5.70. The summed E-state index contributed by atoms with van der Waals surface area (Å²) in [5.41, 5.74) is 1.50. The summed E-state index contributed by atoms with van der Waals surface area (Å²) in [4.78, 5) is 0. The van der Waals surface area contributed by atoms with Crippen LogP contribution in [0.5, 0.6) is 0 Å². The predicted molar refractivity (Wildman–Crippen MR) is 72.2 cm³/mol. The van der Waals surface area contributed by atoms with Gasteiger partial charge in [-0.05, 0) is 43.0 Å². The Morgan fingerprint density at radius 3 is 2.78 bits per heavy atom.